The highest BCUT2D eigenvalue weighted by atomic mass is 19.4. The number of aromatic nitrogens is 2. The molecule has 0 spiro atoms. The van der Waals surface area contributed by atoms with Crippen LogP contribution in [0.2, 0.25) is 0 Å². The Morgan fingerprint density at radius 2 is 1.54 bits per heavy atom. The molecule has 130 valence electrons. The van der Waals surface area contributed by atoms with E-state index in [1.807, 2.05) is 0 Å². The van der Waals surface area contributed by atoms with Crippen LogP contribution in [0.5, 0.6) is 0 Å². The second-order valence-electron chi connectivity index (χ2n) is 4.69. The number of nitrogens with zero attached hydrogens (tertiary/aromatic N) is 2. The van der Waals surface area contributed by atoms with Crippen LogP contribution in [0.25, 0.3) is 0 Å². The zero-order valence-electron chi connectivity index (χ0n) is 12.3. The standard InChI is InChI=1S/C14H12F6N4/c1-2-21-12-23-10(14(18,19)20)7-11(24-12)22-9-5-3-8(4-6-9)13(15,16)17/h3-7H,2H2,1H3,(H2,21,22,23,24). The Morgan fingerprint density at radius 1 is 0.917 bits per heavy atom. The van der Waals surface area contributed by atoms with E-state index < -0.39 is 23.6 Å². The highest BCUT2D eigenvalue weighted by Gasteiger charge is 2.34. The number of anilines is 3. The van der Waals surface area contributed by atoms with Crippen LogP contribution in [0.3, 0.4) is 0 Å². The molecule has 0 aliphatic heterocycles. The molecule has 0 saturated heterocycles. The lowest BCUT2D eigenvalue weighted by Crippen LogP contribution is -2.13. The SMILES string of the molecule is CCNc1nc(Nc2ccc(C(F)(F)F)cc2)cc(C(F)(F)F)n1. The minimum absolute atomic E-state index is 0.164. The third-order valence-electron chi connectivity index (χ3n) is 2.84. The Morgan fingerprint density at radius 3 is 2.04 bits per heavy atom. The summed E-state index contributed by atoms with van der Waals surface area (Å²) < 4.78 is 76.0. The Balaban J connectivity index is 2.29. The van der Waals surface area contributed by atoms with Crippen LogP contribution in [0, 0.1) is 0 Å². The van der Waals surface area contributed by atoms with Crippen LogP contribution in [0.4, 0.5) is 43.8 Å². The van der Waals surface area contributed by atoms with Crippen LogP contribution in [-0.2, 0) is 12.4 Å². The molecule has 24 heavy (non-hydrogen) atoms. The summed E-state index contributed by atoms with van der Waals surface area (Å²) in [6, 6.07) is 4.52. The molecule has 1 heterocycles. The van der Waals surface area contributed by atoms with Crippen molar-refractivity contribution in [2.75, 3.05) is 17.2 Å². The van der Waals surface area contributed by atoms with Crippen molar-refractivity contribution in [1.82, 2.24) is 9.97 Å². The van der Waals surface area contributed by atoms with E-state index in [9.17, 15) is 26.3 Å². The van der Waals surface area contributed by atoms with E-state index in [1.54, 1.807) is 6.92 Å². The van der Waals surface area contributed by atoms with E-state index >= 15 is 0 Å². The van der Waals surface area contributed by atoms with Crippen molar-refractivity contribution < 1.29 is 26.3 Å². The number of nitrogens with one attached hydrogen (secondary N) is 2. The Bertz CT molecular complexity index is 694. The summed E-state index contributed by atoms with van der Waals surface area (Å²) in [6.45, 7) is 1.97. The fourth-order valence-corrected chi connectivity index (χ4v) is 1.78. The molecule has 0 fully saturated rings. The molecule has 0 bridgehead atoms. The first kappa shape index (κ1) is 17.8. The molecule has 2 rings (SSSR count). The topological polar surface area (TPSA) is 49.8 Å². The summed E-state index contributed by atoms with van der Waals surface area (Å²) in [5.74, 6) is -0.422. The summed E-state index contributed by atoms with van der Waals surface area (Å²) in [5.41, 5.74) is -1.86. The maximum atomic E-state index is 12.8. The molecule has 1 aromatic carbocycles. The largest absolute Gasteiger partial charge is 0.433 e. The van der Waals surface area contributed by atoms with Gasteiger partial charge in [0.25, 0.3) is 0 Å². The van der Waals surface area contributed by atoms with Gasteiger partial charge in [-0.1, -0.05) is 0 Å². The number of halogens is 6. The van der Waals surface area contributed by atoms with Gasteiger partial charge in [0.15, 0.2) is 5.69 Å². The van der Waals surface area contributed by atoms with Gasteiger partial charge in [-0.15, -0.1) is 0 Å². The Labute approximate surface area is 132 Å². The monoisotopic (exact) mass is 350 g/mol. The number of rotatable bonds is 4. The first-order valence-corrected chi connectivity index (χ1v) is 6.74. The highest BCUT2D eigenvalue weighted by molar-refractivity contribution is 5.58. The van der Waals surface area contributed by atoms with Crippen molar-refractivity contribution in [2.24, 2.45) is 0 Å². The lowest BCUT2D eigenvalue weighted by Gasteiger charge is -2.13. The predicted octanol–water partition coefficient (Wildman–Crippen LogP) is 4.69. The van der Waals surface area contributed by atoms with E-state index in [4.69, 9.17) is 0 Å². The van der Waals surface area contributed by atoms with Crippen molar-refractivity contribution in [1.29, 1.82) is 0 Å². The first-order valence-electron chi connectivity index (χ1n) is 6.74. The van der Waals surface area contributed by atoms with Crippen LogP contribution in [0.15, 0.2) is 30.3 Å². The Hall–Kier alpha value is -2.52. The Kier molecular flexibility index (Phi) is 4.86. The van der Waals surface area contributed by atoms with Crippen molar-refractivity contribution in [3.05, 3.63) is 41.6 Å². The molecule has 0 radical (unpaired) electrons. The third-order valence-corrected chi connectivity index (χ3v) is 2.84. The lowest BCUT2D eigenvalue weighted by atomic mass is 10.2. The summed E-state index contributed by atoms with van der Waals surface area (Å²) in [5, 5.41) is 5.10. The second-order valence-corrected chi connectivity index (χ2v) is 4.69. The van der Waals surface area contributed by atoms with E-state index in [1.165, 1.54) is 0 Å². The second kappa shape index (κ2) is 6.54. The van der Waals surface area contributed by atoms with Crippen LogP contribution in [0.1, 0.15) is 18.2 Å². The molecule has 1 aromatic heterocycles. The van der Waals surface area contributed by atoms with E-state index in [-0.39, 0.29) is 17.5 Å². The van der Waals surface area contributed by atoms with Gasteiger partial charge < -0.3 is 10.6 Å². The lowest BCUT2D eigenvalue weighted by molar-refractivity contribution is -0.141. The fourth-order valence-electron chi connectivity index (χ4n) is 1.78. The summed E-state index contributed by atoms with van der Waals surface area (Å²) in [7, 11) is 0. The van der Waals surface area contributed by atoms with Gasteiger partial charge >= 0.3 is 12.4 Å². The average Bonchev–Trinajstić information content (AvgIpc) is 2.46. The van der Waals surface area contributed by atoms with Crippen molar-refractivity contribution >= 4 is 17.5 Å². The maximum Gasteiger partial charge on any atom is 0.433 e. The van der Waals surface area contributed by atoms with Crippen molar-refractivity contribution in [3.8, 4) is 0 Å². The summed E-state index contributed by atoms with van der Waals surface area (Å²) in [4.78, 5) is 7.19. The quantitative estimate of drug-likeness (QED) is 0.786. The van der Waals surface area contributed by atoms with Gasteiger partial charge in [0, 0.05) is 18.3 Å². The number of hydrogen-bond donors (Lipinski definition) is 2. The number of alkyl halides is 6. The van der Waals surface area contributed by atoms with E-state index in [0.717, 1.165) is 24.3 Å². The molecule has 10 heteroatoms. The number of hydrogen-bond acceptors (Lipinski definition) is 4. The smallest absolute Gasteiger partial charge is 0.354 e. The minimum Gasteiger partial charge on any atom is -0.354 e. The summed E-state index contributed by atoms with van der Waals surface area (Å²) in [6.07, 6.45) is -9.17. The average molecular weight is 350 g/mol. The van der Waals surface area contributed by atoms with Crippen molar-refractivity contribution in [2.45, 2.75) is 19.3 Å². The van der Waals surface area contributed by atoms with Gasteiger partial charge in [0.05, 0.1) is 5.56 Å². The molecule has 0 aliphatic carbocycles. The normalized spacial score (nSPS) is 12.1. The van der Waals surface area contributed by atoms with Gasteiger partial charge in [-0.2, -0.15) is 31.3 Å². The molecule has 2 aromatic rings. The molecule has 4 nitrogen and oxygen atoms in total. The van der Waals surface area contributed by atoms with Gasteiger partial charge in [-0.05, 0) is 31.2 Å². The molecular weight excluding hydrogens is 338 g/mol. The van der Waals surface area contributed by atoms with Gasteiger partial charge in [-0.3, -0.25) is 0 Å². The fraction of sp³-hybridized carbons (Fsp3) is 0.286. The molecule has 0 saturated carbocycles. The zero-order chi connectivity index (χ0) is 18.0. The van der Waals surface area contributed by atoms with E-state index in [2.05, 4.69) is 20.6 Å². The summed E-state index contributed by atoms with van der Waals surface area (Å²) >= 11 is 0. The van der Waals surface area contributed by atoms with Gasteiger partial charge in [-0.25, -0.2) is 4.98 Å². The maximum absolute atomic E-state index is 12.8. The van der Waals surface area contributed by atoms with Crippen molar-refractivity contribution in [3.63, 3.8) is 0 Å². The number of benzene rings is 1. The first-order chi connectivity index (χ1) is 11.1. The molecule has 0 aliphatic rings. The van der Waals surface area contributed by atoms with E-state index in [0.29, 0.717) is 12.6 Å². The molecular formula is C14H12F6N4. The molecule has 2 N–H and O–H groups in total. The molecule has 0 amide bonds. The molecule has 0 atom stereocenters. The van der Waals surface area contributed by atoms with Crippen LogP contribution >= 0.6 is 0 Å². The van der Waals surface area contributed by atoms with Gasteiger partial charge in [0.1, 0.15) is 5.82 Å². The van der Waals surface area contributed by atoms with Gasteiger partial charge in [0.2, 0.25) is 5.95 Å². The minimum atomic E-state index is -4.68. The third kappa shape index (κ3) is 4.49. The highest BCUT2D eigenvalue weighted by Crippen LogP contribution is 2.32. The van der Waals surface area contributed by atoms with Crippen LogP contribution < -0.4 is 10.6 Å². The predicted molar refractivity (Wildman–Crippen MR) is 75.9 cm³/mol. The van der Waals surface area contributed by atoms with Crippen LogP contribution in [-0.4, -0.2) is 16.5 Å². The molecule has 0 unspecified atom stereocenters. The zero-order valence-corrected chi connectivity index (χ0v) is 12.3.